The molecule has 0 saturated carbocycles. The summed E-state index contributed by atoms with van der Waals surface area (Å²) in [6.45, 7) is 9.36. The molecule has 62 valence electrons. The van der Waals surface area contributed by atoms with Crippen molar-refractivity contribution in [1.82, 2.24) is 0 Å². The molecule has 0 radical (unpaired) electrons. The van der Waals surface area contributed by atoms with E-state index in [-0.39, 0.29) is 0 Å². The average Bonchev–Trinajstić information content (AvgIpc) is 1.82. The number of rotatable bonds is 5. The number of unbranched alkanes of at least 4 members (excludes halogenated alkanes) is 1. The summed E-state index contributed by atoms with van der Waals surface area (Å²) < 4.78 is 0. The maximum Gasteiger partial charge on any atom is -0.0305 e. The molecule has 0 aromatic rings. The summed E-state index contributed by atoms with van der Waals surface area (Å²) >= 11 is 0. The third kappa shape index (κ3) is 6.55. The van der Waals surface area contributed by atoms with Crippen molar-refractivity contribution in [2.45, 2.75) is 33.6 Å². The Hall–Kier alpha value is 0.430. The van der Waals surface area contributed by atoms with Crippen LogP contribution in [0.3, 0.4) is 0 Å². The first-order chi connectivity index (χ1) is 4.66. The second-order valence-corrected chi connectivity index (χ2v) is 6.03. The molecule has 0 saturated heterocycles. The van der Waals surface area contributed by atoms with E-state index in [9.17, 15) is 0 Å². The molecule has 0 fully saturated rings. The zero-order chi connectivity index (χ0) is 7.98. The molecule has 0 aromatic heterocycles. The van der Waals surface area contributed by atoms with E-state index in [4.69, 9.17) is 0 Å². The van der Waals surface area contributed by atoms with E-state index in [1.165, 1.54) is 25.2 Å². The first kappa shape index (κ1) is 10.4. The lowest BCUT2D eigenvalue weighted by molar-refractivity contribution is 0.742. The standard InChI is InChI=1S/C9H21P/c1-5-6-7-10(4)8-9(2)3/h9H,5-8H2,1-4H3. The predicted octanol–water partition coefficient (Wildman–Crippen LogP) is 3.55. The quantitative estimate of drug-likeness (QED) is 0.539. The van der Waals surface area contributed by atoms with Crippen molar-refractivity contribution in [3.63, 3.8) is 0 Å². The van der Waals surface area contributed by atoms with Crippen LogP contribution in [0.1, 0.15) is 33.6 Å². The van der Waals surface area contributed by atoms with Crippen LogP contribution in [0.2, 0.25) is 0 Å². The van der Waals surface area contributed by atoms with Gasteiger partial charge in [0, 0.05) is 0 Å². The highest BCUT2D eigenvalue weighted by atomic mass is 31.1. The van der Waals surface area contributed by atoms with Gasteiger partial charge in [-0.1, -0.05) is 27.2 Å². The van der Waals surface area contributed by atoms with Crippen LogP contribution in [-0.2, 0) is 0 Å². The van der Waals surface area contributed by atoms with Gasteiger partial charge in [0.1, 0.15) is 0 Å². The van der Waals surface area contributed by atoms with Gasteiger partial charge in [-0.3, -0.25) is 0 Å². The van der Waals surface area contributed by atoms with E-state index >= 15 is 0 Å². The summed E-state index contributed by atoms with van der Waals surface area (Å²) in [5, 5.41) is 0. The molecule has 0 bridgehead atoms. The Bertz CT molecular complexity index is 69.1. The highest BCUT2D eigenvalue weighted by molar-refractivity contribution is 7.56. The predicted molar refractivity (Wildman–Crippen MR) is 52.3 cm³/mol. The van der Waals surface area contributed by atoms with E-state index in [0.717, 1.165) is 5.92 Å². The van der Waals surface area contributed by atoms with Gasteiger partial charge in [0.15, 0.2) is 0 Å². The number of hydrogen-bond donors (Lipinski definition) is 0. The molecule has 10 heavy (non-hydrogen) atoms. The van der Waals surface area contributed by atoms with E-state index < -0.39 is 0 Å². The molecular weight excluding hydrogens is 139 g/mol. The fraction of sp³-hybridized carbons (Fsp3) is 1.00. The molecule has 0 heterocycles. The molecule has 1 heteroatoms. The lowest BCUT2D eigenvalue weighted by atomic mass is 10.3. The minimum absolute atomic E-state index is 0.374. The summed E-state index contributed by atoms with van der Waals surface area (Å²) in [7, 11) is 0.374. The lowest BCUT2D eigenvalue weighted by Gasteiger charge is -2.13. The van der Waals surface area contributed by atoms with Crippen LogP contribution < -0.4 is 0 Å². The molecule has 0 amide bonds. The van der Waals surface area contributed by atoms with Gasteiger partial charge in [0.05, 0.1) is 0 Å². The second kappa shape index (κ2) is 6.16. The Balaban J connectivity index is 3.16. The van der Waals surface area contributed by atoms with Crippen molar-refractivity contribution in [2.75, 3.05) is 19.0 Å². The minimum Gasteiger partial charge on any atom is -0.110 e. The van der Waals surface area contributed by atoms with Crippen LogP contribution in [0, 0.1) is 5.92 Å². The van der Waals surface area contributed by atoms with E-state index in [1.807, 2.05) is 0 Å². The van der Waals surface area contributed by atoms with Gasteiger partial charge in [-0.25, -0.2) is 0 Å². The minimum atomic E-state index is 0.374. The largest absolute Gasteiger partial charge is 0.110 e. The normalized spacial score (nSPS) is 14.1. The Morgan fingerprint density at radius 3 is 2.30 bits per heavy atom. The molecule has 0 aliphatic carbocycles. The Labute approximate surface area is 67.2 Å². The highest BCUT2D eigenvalue weighted by Crippen LogP contribution is 2.33. The molecule has 1 unspecified atom stereocenters. The smallest absolute Gasteiger partial charge is 0.0305 e. The first-order valence-corrected chi connectivity index (χ1v) is 6.51. The van der Waals surface area contributed by atoms with Gasteiger partial charge in [0.2, 0.25) is 0 Å². The van der Waals surface area contributed by atoms with Gasteiger partial charge < -0.3 is 0 Å². The van der Waals surface area contributed by atoms with Crippen molar-refractivity contribution in [3.8, 4) is 0 Å². The van der Waals surface area contributed by atoms with Crippen molar-refractivity contribution in [3.05, 3.63) is 0 Å². The van der Waals surface area contributed by atoms with Crippen LogP contribution in [0.15, 0.2) is 0 Å². The summed E-state index contributed by atoms with van der Waals surface area (Å²) in [5.41, 5.74) is 0. The molecule has 0 aromatic carbocycles. The second-order valence-electron chi connectivity index (χ2n) is 3.51. The first-order valence-electron chi connectivity index (χ1n) is 4.35. The third-order valence-corrected chi connectivity index (χ3v) is 4.00. The summed E-state index contributed by atoms with van der Waals surface area (Å²) in [6.07, 6.45) is 5.76. The SMILES string of the molecule is CCCCP(C)CC(C)C. The highest BCUT2D eigenvalue weighted by Gasteiger charge is 2.02. The summed E-state index contributed by atoms with van der Waals surface area (Å²) in [6, 6.07) is 0. The molecule has 1 atom stereocenters. The fourth-order valence-electron chi connectivity index (χ4n) is 1.14. The molecule has 0 aliphatic rings. The molecule has 0 rings (SSSR count). The summed E-state index contributed by atoms with van der Waals surface area (Å²) in [5.74, 6) is 0.910. The molecular formula is C9H21P. The molecule has 0 aliphatic heterocycles. The number of hydrogen-bond acceptors (Lipinski definition) is 0. The van der Waals surface area contributed by atoms with Crippen molar-refractivity contribution in [2.24, 2.45) is 5.92 Å². The maximum atomic E-state index is 2.44. The topological polar surface area (TPSA) is 0 Å². The van der Waals surface area contributed by atoms with E-state index in [0.29, 0.717) is 7.92 Å². The summed E-state index contributed by atoms with van der Waals surface area (Å²) in [4.78, 5) is 0. The van der Waals surface area contributed by atoms with Crippen LogP contribution in [-0.4, -0.2) is 19.0 Å². The van der Waals surface area contributed by atoms with Crippen LogP contribution >= 0.6 is 7.92 Å². The van der Waals surface area contributed by atoms with Crippen molar-refractivity contribution in [1.29, 1.82) is 0 Å². The lowest BCUT2D eigenvalue weighted by Crippen LogP contribution is -1.96. The third-order valence-electron chi connectivity index (χ3n) is 1.57. The zero-order valence-corrected chi connectivity index (χ0v) is 8.75. The van der Waals surface area contributed by atoms with Gasteiger partial charge in [-0.15, -0.1) is 7.92 Å². The Morgan fingerprint density at radius 2 is 1.90 bits per heavy atom. The molecule has 0 N–H and O–H groups in total. The van der Waals surface area contributed by atoms with E-state index in [1.54, 1.807) is 0 Å². The Kier molecular flexibility index (Phi) is 6.43. The average molecular weight is 160 g/mol. The van der Waals surface area contributed by atoms with Gasteiger partial charge >= 0.3 is 0 Å². The maximum absolute atomic E-state index is 2.44. The zero-order valence-electron chi connectivity index (χ0n) is 7.85. The Morgan fingerprint density at radius 1 is 1.30 bits per heavy atom. The van der Waals surface area contributed by atoms with Gasteiger partial charge in [-0.05, 0) is 31.3 Å². The fourth-order valence-corrected chi connectivity index (χ4v) is 3.43. The molecule has 0 spiro atoms. The van der Waals surface area contributed by atoms with Crippen molar-refractivity contribution >= 4 is 7.92 Å². The van der Waals surface area contributed by atoms with Crippen molar-refractivity contribution < 1.29 is 0 Å². The van der Waals surface area contributed by atoms with Crippen LogP contribution in [0.5, 0.6) is 0 Å². The van der Waals surface area contributed by atoms with E-state index in [2.05, 4.69) is 27.4 Å². The van der Waals surface area contributed by atoms with Crippen LogP contribution in [0.4, 0.5) is 0 Å². The van der Waals surface area contributed by atoms with Gasteiger partial charge in [0.25, 0.3) is 0 Å². The van der Waals surface area contributed by atoms with Gasteiger partial charge in [-0.2, -0.15) is 0 Å². The van der Waals surface area contributed by atoms with Crippen LogP contribution in [0.25, 0.3) is 0 Å². The molecule has 0 nitrogen and oxygen atoms in total. The monoisotopic (exact) mass is 160 g/mol.